The Bertz CT molecular complexity index is 493. The molecule has 6 heteroatoms. The number of hydrogen-bond acceptors (Lipinski definition) is 6. The Morgan fingerprint density at radius 3 is 2.94 bits per heavy atom. The Balaban J connectivity index is 1.94. The van der Waals surface area contributed by atoms with Gasteiger partial charge < -0.3 is 9.26 Å². The molecule has 2 aromatic heterocycles. The molecule has 0 aliphatic heterocycles. The van der Waals surface area contributed by atoms with E-state index < -0.39 is 0 Å². The van der Waals surface area contributed by atoms with E-state index in [0.29, 0.717) is 29.4 Å². The van der Waals surface area contributed by atoms with Crippen LogP contribution < -0.4 is 4.74 Å². The van der Waals surface area contributed by atoms with Crippen LogP contribution in [-0.2, 0) is 13.0 Å². The average Bonchev–Trinajstić information content (AvgIpc) is 2.85. The van der Waals surface area contributed by atoms with E-state index in [9.17, 15) is 4.79 Å². The lowest BCUT2D eigenvalue weighted by atomic mass is 10.4. The largest absolute Gasteiger partial charge is 0.482 e. The quantitative estimate of drug-likeness (QED) is 0.727. The minimum atomic E-state index is 0.190. The maximum Gasteiger partial charge on any atom is 0.264 e. The van der Waals surface area contributed by atoms with E-state index in [1.807, 2.05) is 6.92 Å². The molecule has 0 unspecified atom stereocenters. The standard InChI is InChI=1S/C11H11N3O3/c1-2-10-13-11(17-14-10)7-16-9-4-3-8(6-15)12-5-9/h3-6H,2,7H2,1H3. The molecule has 0 spiro atoms. The molecule has 2 heterocycles. The lowest BCUT2D eigenvalue weighted by molar-refractivity contribution is 0.111. The number of aryl methyl sites for hydroxylation is 1. The molecule has 0 aliphatic carbocycles. The summed E-state index contributed by atoms with van der Waals surface area (Å²) in [6.45, 7) is 2.13. The van der Waals surface area contributed by atoms with Crippen LogP contribution in [0, 0.1) is 0 Å². The predicted octanol–water partition coefficient (Wildman–Crippen LogP) is 1.42. The first-order chi connectivity index (χ1) is 8.31. The number of ether oxygens (including phenoxy) is 1. The van der Waals surface area contributed by atoms with E-state index in [4.69, 9.17) is 9.26 Å². The van der Waals surface area contributed by atoms with Crippen molar-refractivity contribution < 1.29 is 14.1 Å². The van der Waals surface area contributed by atoms with E-state index in [1.165, 1.54) is 6.20 Å². The zero-order chi connectivity index (χ0) is 12.1. The molecule has 0 fully saturated rings. The zero-order valence-corrected chi connectivity index (χ0v) is 9.29. The van der Waals surface area contributed by atoms with Gasteiger partial charge in [0.1, 0.15) is 11.4 Å². The predicted molar refractivity (Wildman–Crippen MR) is 57.6 cm³/mol. The summed E-state index contributed by atoms with van der Waals surface area (Å²) in [6.07, 6.45) is 2.87. The fourth-order valence-electron chi connectivity index (χ4n) is 1.18. The fraction of sp³-hybridized carbons (Fsp3) is 0.273. The van der Waals surface area contributed by atoms with Crippen molar-refractivity contribution >= 4 is 6.29 Å². The molecule has 2 rings (SSSR count). The Hall–Kier alpha value is -2.24. The SMILES string of the molecule is CCc1noc(COc2ccc(C=O)nc2)n1. The van der Waals surface area contributed by atoms with Crippen molar-refractivity contribution in [3.63, 3.8) is 0 Å². The molecule has 0 aromatic carbocycles. The molecule has 88 valence electrons. The number of aromatic nitrogens is 3. The summed E-state index contributed by atoms with van der Waals surface area (Å²) in [7, 11) is 0. The van der Waals surface area contributed by atoms with Gasteiger partial charge in [-0.3, -0.25) is 4.79 Å². The van der Waals surface area contributed by atoms with Crippen LogP contribution in [0.5, 0.6) is 5.75 Å². The topological polar surface area (TPSA) is 78.1 Å². The minimum absolute atomic E-state index is 0.190. The lowest BCUT2D eigenvalue weighted by Crippen LogP contribution is -1.97. The van der Waals surface area contributed by atoms with E-state index in [1.54, 1.807) is 12.1 Å². The number of aldehydes is 1. The normalized spacial score (nSPS) is 10.2. The van der Waals surface area contributed by atoms with Gasteiger partial charge in [0.25, 0.3) is 5.89 Å². The molecule has 0 bridgehead atoms. The first-order valence-corrected chi connectivity index (χ1v) is 5.17. The highest BCUT2D eigenvalue weighted by atomic mass is 16.5. The van der Waals surface area contributed by atoms with Gasteiger partial charge in [0.15, 0.2) is 18.7 Å². The van der Waals surface area contributed by atoms with E-state index >= 15 is 0 Å². The van der Waals surface area contributed by atoms with Gasteiger partial charge in [-0.1, -0.05) is 12.1 Å². The van der Waals surface area contributed by atoms with Crippen molar-refractivity contribution in [2.24, 2.45) is 0 Å². The first kappa shape index (κ1) is 11.3. The van der Waals surface area contributed by atoms with Gasteiger partial charge in [0.05, 0.1) is 6.20 Å². The summed E-state index contributed by atoms with van der Waals surface area (Å²) in [5.74, 6) is 1.62. The van der Waals surface area contributed by atoms with E-state index in [0.717, 1.165) is 6.42 Å². The second-order valence-electron chi connectivity index (χ2n) is 3.28. The van der Waals surface area contributed by atoms with Crippen molar-refractivity contribution in [3.8, 4) is 5.75 Å². The third-order valence-electron chi connectivity index (χ3n) is 2.07. The number of nitrogens with zero attached hydrogens (tertiary/aromatic N) is 3. The molecule has 0 atom stereocenters. The average molecular weight is 233 g/mol. The summed E-state index contributed by atoms with van der Waals surface area (Å²) < 4.78 is 10.3. The number of carbonyl (C=O) groups is 1. The van der Waals surface area contributed by atoms with Crippen molar-refractivity contribution in [2.45, 2.75) is 20.0 Å². The highest BCUT2D eigenvalue weighted by Crippen LogP contribution is 2.10. The monoisotopic (exact) mass is 233 g/mol. The van der Waals surface area contributed by atoms with Crippen LogP contribution in [0.1, 0.15) is 29.1 Å². The molecule has 0 radical (unpaired) electrons. The van der Waals surface area contributed by atoms with Crippen molar-refractivity contribution in [1.82, 2.24) is 15.1 Å². The van der Waals surface area contributed by atoms with Gasteiger partial charge in [-0.2, -0.15) is 4.98 Å². The minimum Gasteiger partial charge on any atom is -0.482 e. The lowest BCUT2D eigenvalue weighted by Gasteiger charge is -2.01. The second-order valence-corrected chi connectivity index (χ2v) is 3.28. The Labute approximate surface area is 97.6 Å². The van der Waals surface area contributed by atoms with Crippen LogP contribution in [-0.4, -0.2) is 21.4 Å². The van der Waals surface area contributed by atoms with Gasteiger partial charge in [0.2, 0.25) is 0 Å². The van der Waals surface area contributed by atoms with Crippen LogP contribution in [0.3, 0.4) is 0 Å². The van der Waals surface area contributed by atoms with Crippen LogP contribution in [0.2, 0.25) is 0 Å². The molecule has 0 saturated heterocycles. The van der Waals surface area contributed by atoms with Gasteiger partial charge in [-0.05, 0) is 12.1 Å². The summed E-state index contributed by atoms with van der Waals surface area (Å²) in [5, 5.41) is 3.75. The van der Waals surface area contributed by atoms with Gasteiger partial charge in [-0.25, -0.2) is 4.98 Å². The highest BCUT2D eigenvalue weighted by Gasteiger charge is 2.05. The molecule has 17 heavy (non-hydrogen) atoms. The first-order valence-electron chi connectivity index (χ1n) is 5.17. The summed E-state index contributed by atoms with van der Waals surface area (Å²) in [4.78, 5) is 18.4. The molecular formula is C11H11N3O3. The van der Waals surface area contributed by atoms with Gasteiger partial charge >= 0.3 is 0 Å². The third-order valence-corrected chi connectivity index (χ3v) is 2.07. The van der Waals surface area contributed by atoms with Crippen LogP contribution in [0.25, 0.3) is 0 Å². The van der Waals surface area contributed by atoms with Crippen LogP contribution >= 0.6 is 0 Å². The fourth-order valence-corrected chi connectivity index (χ4v) is 1.18. The molecule has 0 N–H and O–H groups in total. The Morgan fingerprint density at radius 1 is 1.47 bits per heavy atom. The maximum atomic E-state index is 10.4. The molecule has 0 saturated carbocycles. The van der Waals surface area contributed by atoms with Crippen LogP contribution in [0.4, 0.5) is 0 Å². The number of hydrogen-bond donors (Lipinski definition) is 0. The smallest absolute Gasteiger partial charge is 0.264 e. The Kier molecular flexibility index (Phi) is 3.44. The molecule has 0 amide bonds. The Morgan fingerprint density at radius 2 is 2.35 bits per heavy atom. The second kappa shape index (κ2) is 5.20. The molecule has 6 nitrogen and oxygen atoms in total. The summed E-state index contributed by atoms with van der Waals surface area (Å²) in [6, 6.07) is 3.24. The zero-order valence-electron chi connectivity index (χ0n) is 9.29. The van der Waals surface area contributed by atoms with Crippen molar-refractivity contribution in [2.75, 3.05) is 0 Å². The highest BCUT2D eigenvalue weighted by molar-refractivity contribution is 5.71. The molecular weight excluding hydrogens is 222 g/mol. The number of carbonyl (C=O) groups excluding carboxylic acids is 1. The molecule has 0 aliphatic rings. The van der Waals surface area contributed by atoms with Gasteiger partial charge in [-0.15, -0.1) is 0 Å². The van der Waals surface area contributed by atoms with Gasteiger partial charge in [0, 0.05) is 6.42 Å². The van der Waals surface area contributed by atoms with Crippen molar-refractivity contribution in [3.05, 3.63) is 35.7 Å². The summed E-state index contributed by atoms with van der Waals surface area (Å²) >= 11 is 0. The van der Waals surface area contributed by atoms with E-state index in [-0.39, 0.29) is 6.61 Å². The van der Waals surface area contributed by atoms with Crippen LogP contribution in [0.15, 0.2) is 22.9 Å². The number of rotatable bonds is 5. The molecule has 2 aromatic rings. The number of pyridine rings is 1. The van der Waals surface area contributed by atoms with E-state index in [2.05, 4.69) is 15.1 Å². The summed E-state index contributed by atoms with van der Waals surface area (Å²) in [5.41, 5.74) is 0.364. The van der Waals surface area contributed by atoms with Crippen molar-refractivity contribution in [1.29, 1.82) is 0 Å². The maximum absolute atomic E-state index is 10.4. The third kappa shape index (κ3) is 2.87.